The quantitative estimate of drug-likeness (QED) is 0.0302. The van der Waals surface area contributed by atoms with E-state index in [1.165, 1.54) is 39.8 Å². The Morgan fingerprint density at radius 1 is 0.583 bits per heavy atom. The van der Waals surface area contributed by atoms with Gasteiger partial charge in [0, 0.05) is 42.1 Å². The lowest BCUT2D eigenvalue weighted by Gasteiger charge is -2.34. The van der Waals surface area contributed by atoms with E-state index in [-0.39, 0.29) is 92.2 Å². The molecule has 0 atom stereocenters. The number of allylic oxidation sites excluding steroid dienone is 1. The molecule has 0 saturated heterocycles. The van der Waals surface area contributed by atoms with Gasteiger partial charge in [0.15, 0.2) is 5.70 Å². The fraction of sp³-hybridized carbons (Fsp3) is 0.194. The number of rotatable bonds is 12. The molecule has 84 heavy (non-hydrogen) atoms. The normalized spacial score (nSPS) is 14.6. The molecule has 2 aliphatic rings. The predicted octanol–water partition coefficient (Wildman–Crippen LogP) is 16.3. The van der Waals surface area contributed by atoms with Gasteiger partial charge in [0.25, 0.3) is 0 Å². The molecule has 0 aliphatic carbocycles. The van der Waals surface area contributed by atoms with Gasteiger partial charge in [-0.2, -0.15) is 39.5 Å². The molecule has 2 aliphatic heterocycles. The molecule has 0 bridgehead atoms. The number of hydrogen-bond donors (Lipinski definition) is 0. The Bertz CT molecular complexity index is 4280. The van der Waals surface area contributed by atoms with Crippen LogP contribution in [0.25, 0.3) is 48.7 Å². The maximum atomic E-state index is 17.5. The third-order valence-corrected chi connectivity index (χ3v) is 15.5. The van der Waals surface area contributed by atoms with Crippen molar-refractivity contribution in [2.24, 2.45) is 0 Å². The average molecular weight is 1170 g/mol. The molecule has 0 saturated carbocycles. The fourth-order valence-corrected chi connectivity index (χ4v) is 12.1. The number of fused-ring (bicyclic) bond motifs is 4. The smallest absolute Gasteiger partial charge is 0.457 e. The zero-order chi connectivity index (χ0) is 60.3. The summed E-state index contributed by atoms with van der Waals surface area (Å²) in [4.78, 5) is 41.3. The maximum Gasteiger partial charge on any atom is 0.737 e. The molecular weight excluding hydrogens is 1130 g/mol. The van der Waals surface area contributed by atoms with Crippen LogP contribution in [0.5, 0.6) is 5.75 Å². The highest BCUT2D eigenvalue weighted by Gasteiger charge is 2.59. The molecule has 8 aromatic carbocycles. The van der Waals surface area contributed by atoms with E-state index in [1.54, 1.807) is 60.7 Å². The highest BCUT2D eigenvalue weighted by molar-refractivity contribution is 6.59. The SMILES string of the molecule is CC1=C(C(=O)OCc2ccccc2)C(C)=[N+]2C1=C(c1c(F)cc(OC(=O)CCCc3ccc4c5ccc(C(F)(F)F)c6c(C(F)(F)F)ccc(c7ccc(C(F)(F)F)c3c47)c65)cc1F)c1c(C)c(C(=O)OCc3ccccc3)c(C)n1[B-]2(F)F. The number of benzene rings is 8. The Kier molecular flexibility index (Phi) is 13.8. The van der Waals surface area contributed by atoms with Crippen molar-refractivity contribution in [3.8, 4) is 5.75 Å². The standard InChI is InChI=1S/C62H42BF13N2O6/c1-30-48(58(80)82-28-34-12-7-5-8-13-34)32(3)77-56(30)55(57-31(2)49(33(4)78(57)63(77,75)76)59(81)83-29-35-14-9-6-10-15-35)54-45(64)26-37(27-46(54)65)84-47(79)17-11-16-36-18-19-38-40-21-24-43(61(69,70)71)53-44(62(72,73)74)25-22-41(52(40)53)39-20-23-42(60(66,67)68)50(36)51(38)39/h5-10,12-15,18-27H,11,16-17,28-29H2,1-4H3. The lowest BCUT2D eigenvalue weighted by Crippen LogP contribution is -2.52. The average Bonchev–Trinajstić information content (AvgIpc) is 1.30. The molecule has 0 amide bonds. The summed E-state index contributed by atoms with van der Waals surface area (Å²) in [6.07, 6.45) is -16.7. The van der Waals surface area contributed by atoms with Crippen LogP contribution in [0.1, 0.15) is 92.9 Å². The van der Waals surface area contributed by atoms with E-state index in [9.17, 15) is 53.9 Å². The molecule has 3 heterocycles. The number of aryl methyl sites for hydroxylation is 1. The first-order valence-electron chi connectivity index (χ1n) is 26.0. The monoisotopic (exact) mass is 1170 g/mol. The van der Waals surface area contributed by atoms with Crippen LogP contribution in [0.15, 0.2) is 138 Å². The second-order valence-electron chi connectivity index (χ2n) is 20.5. The van der Waals surface area contributed by atoms with Crippen molar-refractivity contribution in [2.75, 3.05) is 0 Å². The van der Waals surface area contributed by atoms with Crippen LogP contribution in [-0.4, -0.2) is 39.6 Å². The maximum absolute atomic E-state index is 17.5. The van der Waals surface area contributed by atoms with Gasteiger partial charge in [0.2, 0.25) is 0 Å². The minimum absolute atomic E-state index is 0.0158. The molecule has 8 nitrogen and oxygen atoms in total. The summed E-state index contributed by atoms with van der Waals surface area (Å²) in [5, 5.41) is -2.67. The number of ether oxygens (including phenoxy) is 3. The zero-order valence-electron chi connectivity index (χ0n) is 44.4. The first kappa shape index (κ1) is 56.9. The Morgan fingerprint density at radius 3 is 1.55 bits per heavy atom. The van der Waals surface area contributed by atoms with Gasteiger partial charge in [0.1, 0.15) is 41.9 Å². The van der Waals surface area contributed by atoms with E-state index in [2.05, 4.69) is 0 Å². The van der Waals surface area contributed by atoms with Gasteiger partial charge in [-0.1, -0.05) is 91.0 Å². The largest absolute Gasteiger partial charge is 0.737 e. The molecule has 0 fully saturated rings. The van der Waals surface area contributed by atoms with Crippen LogP contribution in [0, 0.1) is 25.5 Å². The zero-order valence-corrected chi connectivity index (χ0v) is 44.4. The van der Waals surface area contributed by atoms with Crippen LogP contribution in [-0.2, 0) is 57.2 Å². The van der Waals surface area contributed by atoms with Crippen LogP contribution < -0.4 is 4.74 Å². The van der Waals surface area contributed by atoms with Crippen molar-refractivity contribution in [1.82, 2.24) is 4.48 Å². The fourth-order valence-electron chi connectivity index (χ4n) is 12.1. The molecule has 1 aromatic heterocycles. The molecule has 0 spiro atoms. The number of esters is 3. The van der Waals surface area contributed by atoms with Crippen LogP contribution in [0.2, 0.25) is 0 Å². The molecule has 0 unspecified atom stereocenters. The summed E-state index contributed by atoms with van der Waals surface area (Å²) in [6.45, 7) is -0.583. The Balaban J connectivity index is 0.941. The minimum Gasteiger partial charge on any atom is -0.457 e. The molecule has 0 N–H and O–H groups in total. The second kappa shape index (κ2) is 20.4. The summed E-state index contributed by atoms with van der Waals surface area (Å²) in [7, 11) is 0. The summed E-state index contributed by atoms with van der Waals surface area (Å²) < 4.78 is 218. The Labute approximate surface area is 468 Å². The van der Waals surface area contributed by atoms with E-state index >= 15 is 17.4 Å². The van der Waals surface area contributed by atoms with Crippen molar-refractivity contribution in [3.05, 3.63) is 211 Å². The number of hydrogen-bond acceptors (Lipinski definition) is 6. The van der Waals surface area contributed by atoms with Gasteiger partial charge in [-0.15, -0.1) is 0 Å². The minimum atomic E-state index is -5.25. The first-order chi connectivity index (χ1) is 39.6. The van der Waals surface area contributed by atoms with Gasteiger partial charge >= 0.3 is 43.4 Å². The van der Waals surface area contributed by atoms with Gasteiger partial charge in [0.05, 0.1) is 33.4 Å². The van der Waals surface area contributed by atoms with Crippen molar-refractivity contribution in [1.29, 1.82) is 0 Å². The number of halogens is 13. The van der Waals surface area contributed by atoms with E-state index in [1.807, 2.05) is 0 Å². The first-order valence-corrected chi connectivity index (χ1v) is 26.0. The Morgan fingerprint density at radius 2 is 1.05 bits per heavy atom. The number of carbonyl (C=O) groups is 3. The number of aromatic nitrogens is 1. The number of nitrogens with zero attached hydrogens (tertiary/aromatic N) is 2. The summed E-state index contributed by atoms with van der Waals surface area (Å²) >= 11 is 0. The predicted molar refractivity (Wildman–Crippen MR) is 286 cm³/mol. The van der Waals surface area contributed by atoms with E-state index in [0.29, 0.717) is 50.4 Å². The van der Waals surface area contributed by atoms with Crippen LogP contribution in [0.4, 0.5) is 56.9 Å². The van der Waals surface area contributed by atoms with Gasteiger partial charge in [-0.3, -0.25) is 4.79 Å². The van der Waals surface area contributed by atoms with E-state index in [0.717, 1.165) is 18.2 Å². The lowest BCUT2D eigenvalue weighted by atomic mass is 9.83. The lowest BCUT2D eigenvalue weighted by molar-refractivity contribution is -0.363. The summed E-state index contributed by atoms with van der Waals surface area (Å²) in [6, 6.07) is 25.0. The van der Waals surface area contributed by atoms with Crippen molar-refractivity contribution in [2.45, 2.75) is 78.7 Å². The van der Waals surface area contributed by atoms with Gasteiger partial charge in [-0.05, 0) is 117 Å². The molecule has 430 valence electrons. The molecule has 11 rings (SSSR count). The van der Waals surface area contributed by atoms with Gasteiger partial charge in [-0.25, -0.2) is 18.4 Å². The third kappa shape index (κ3) is 9.38. The topological polar surface area (TPSA) is 86.8 Å². The van der Waals surface area contributed by atoms with Crippen molar-refractivity contribution < 1.29 is 90.0 Å². The number of carbonyl (C=O) groups excluding carboxylic acids is 3. The molecule has 22 heteroatoms. The highest BCUT2D eigenvalue weighted by atomic mass is 19.4. The Hall–Kier alpha value is -8.95. The summed E-state index contributed by atoms with van der Waals surface area (Å²) in [5.41, 5.74) is -7.33. The molecular formula is C62H42BF13N2O6. The van der Waals surface area contributed by atoms with E-state index < -0.39 is 123 Å². The summed E-state index contributed by atoms with van der Waals surface area (Å²) in [5.74, 6) is -6.81. The highest BCUT2D eigenvalue weighted by Crippen LogP contribution is 2.52. The van der Waals surface area contributed by atoms with Gasteiger partial charge < -0.3 is 31.8 Å². The second-order valence-corrected chi connectivity index (χ2v) is 20.5. The van der Waals surface area contributed by atoms with Crippen molar-refractivity contribution >= 4 is 79.3 Å². The van der Waals surface area contributed by atoms with E-state index in [4.69, 9.17) is 14.2 Å². The molecule has 9 aromatic rings. The van der Waals surface area contributed by atoms with Crippen LogP contribution in [0.3, 0.4) is 0 Å². The third-order valence-electron chi connectivity index (χ3n) is 15.5. The molecule has 0 radical (unpaired) electrons. The van der Waals surface area contributed by atoms with Crippen LogP contribution >= 0.6 is 0 Å². The number of alkyl halides is 9. The van der Waals surface area contributed by atoms with Crippen molar-refractivity contribution in [3.63, 3.8) is 0 Å².